The summed E-state index contributed by atoms with van der Waals surface area (Å²) in [5, 5.41) is 0. The van der Waals surface area contributed by atoms with Gasteiger partial charge in [0, 0.05) is 13.1 Å². The Balaban J connectivity index is 1.88. The summed E-state index contributed by atoms with van der Waals surface area (Å²) in [5.41, 5.74) is 1.21. The Morgan fingerprint density at radius 3 is 2.35 bits per heavy atom. The van der Waals surface area contributed by atoms with Crippen LogP contribution in [0.25, 0.3) is 0 Å². The van der Waals surface area contributed by atoms with Crippen LogP contribution in [0.2, 0.25) is 0 Å². The van der Waals surface area contributed by atoms with Crippen molar-refractivity contribution in [3.8, 4) is 0 Å². The van der Waals surface area contributed by atoms with E-state index < -0.39 is 0 Å². The summed E-state index contributed by atoms with van der Waals surface area (Å²) in [4.78, 5) is 16.7. The van der Waals surface area contributed by atoms with Crippen molar-refractivity contribution in [2.75, 3.05) is 26.2 Å². The lowest BCUT2D eigenvalue weighted by Gasteiger charge is -2.26. The van der Waals surface area contributed by atoms with Gasteiger partial charge < -0.3 is 4.90 Å². The van der Waals surface area contributed by atoms with Crippen LogP contribution in [0.15, 0.2) is 30.3 Å². The van der Waals surface area contributed by atoms with Crippen LogP contribution in [0.3, 0.4) is 0 Å². The molecule has 110 valence electrons. The van der Waals surface area contributed by atoms with Crippen molar-refractivity contribution in [1.29, 1.82) is 0 Å². The number of amides is 1. The van der Waals surface area contributed by atoms with Gasteiger partial charge in [-0.1, -0.05) is 43.2 Å². The summed E-state index contributed by atoms with van der Waals surface area (Å²) in [6.07, 6.45) is 5.09. The fourth-order valence-corrected chi connectivity index (χ4v) is 2.77. The zero-order chi connectivity index (χ0) is 14.2. The van der Waals surface area contributed by atoms with Gasteiger partial charge in [0.15, 0.2) is 0 Å². The lowest BCUT2D eigenvalue weighted by Crippen LogP contribution is -2.40. The summed E-state index contributed by atoms with van der Waals surface area (Å²) in [5.74, 6) is 0.262. The normalized spacial score (nSPS) is 16.6. The maximum atomic E-state index is 12.4. The molecule has 0 spiro atoms. The Morgan fingerprint density at radius 1 is 1.10 bits per heavy atom. The van der Waals surface area contributed by atoms with Crippen LogP contribution >= 0.6 is 0 Å². The quantitative estimate of drug-likeness (QED) is 0.824. The summed E-state index contributed by atoms with van der Waals surface area (Å²) in [6.45, 7) is 6.30. The fourth-order valence-electron chi connectivity index (χ4n) is 2.77. The van der Waals surface area contributed by atoms with Crippen molar-refractivity contribution in [1.82, 2.24) is 9.80 Å². The number of hydrogen-bond acceptors (Lipinski definition) is 2. The topological polar surface area (TPSA) is 23.6 Å². The van der Waals surface area contributed by atoms with Gasteiger partial charge in [0.05, 0.1) is 6.54 Å². The maximum absolute atomic E-state index is 12.4. The maximum Gasteiger partial charge on any atom is 0.237 e. The van der Waals surface area contributed by atoms with Crippen LogP contribution in [0.1, 0.15) is 38.2 Å². The van der Waals surface area contributed by atoms with E-state index in [1.165, 1.54) is 31.2 Å². The summed E-state index contributed by atoms with van der Waals surface area (Å²) >= 11 is 0. The van der Waals surface area contributed by atoms with E-state index in [9.17, 15) is 4.79 Å². The predicted octanol–water partition coefficient (Wildman–Crippen LogP) is 2.91. The molecule has 3 nitrogen and oxygen atoms in total. The Morgan fingerprint density at radius 2 is 1.75 bits per heavy atom. The summed E-state index contributed by atoms with van der Waals surface area (Å²) in [6, 6.07) is 10.2. The van der Waals surface area contributed by atoms with Crippen molar-refractivity contribution >= 4 is 5.91 Å². The number of carbonyl (C=O) groups is 1. The monoisotopic (exact) mass is 274 g/mol. The van der Waals surface area contributed by atoms with E-state index in [0.717, 1.165) is 26.2 Å². The first-order valence-electron chi connectivity index (χ1n) is 7.83. The molecule has 0 unspecified atom stereocenters. The van der Waals surface area contributed by atoms with Crippen LogP contribution in [-0.2, 0) is 11.3 Å². The van der Waals surface area contributed by atoms with Crippen molar-refractivity contribution in [2.45, 2.75) is 39.2 Å². The van der Waals surface area contributed by atoms with E-state index >= 15 is 0 Å². The second-order valence-corrected chi connectivity index (χ2v) is 5.58. The van der Waals surface area contributed by atoms with Gasteiger partial charge in [0.1, 0.15) is 0 Å². The first kappa shape index (κ1) is 15.0. The molecule has 1 aliphatic rings. The molecule has 0 N–H and O–H groups in total. The Bertz CT molecular complexity index is 397. The van der Waals surface area contributed by atoms with E-state index in [4.69, 9.17) is 0 Å². The molecule has 20 heavy (non-hydrogen) atoms. The average Bonchev–Trinajstić information content (AvgIpc) is 2.74. The molecule has 0 atom stereocenters. The van der Waals surface area contributed by atoms with Crippen molar-refractivity contribution in [3.05, 3.63) is 35.9 Å². The minimum absolute atomic E-state index is 0.262. The molecule has 0 aliphatic carbocycles. The number of carbonyl (C=O) groups excluding carboxylic acids is 1. The molecule has 1 amide bonds. The molecule has 0 aromatic heterocycles. The molecule has 1 fully saturated rings. The minimum atomic E-state index is 0.262. The summed E-state index contributed by atoms with van der Waals surface area (Å²) < 4.78 is 0. The molecule has 1 saturated heterocycles. The Labute approximate surface area is 122 Å². The van der Waals surface area contributed by atoms with Crippen molar-refractivity contribution in [2.24, 2.45) is 0 Å². The zero-order valence-electron chi connectivity index (χ0n) is 12.6. The molecule has 1 aromatic rings. The highest BCUT2D eigenvalue weighted by Gasteiger charge is 2.17. The molecule has 0 radical (unpaired) electrons. The second-order valence-electron chi connectivity index (χ2n) is 5.58. The lowest BCUT2D eigenvalue weighted by molar-refractivity contribution is -0.132. The van der Waals surface area contributed by atoms with Crippen LogP contribution < -0.4 is 0 Å². The van der Waals surface area contributed by atoms with Crippen LogP contribution in [0.5, 0.6) is 0 Å². The first-order chi connectivity index (χ1) is 9.79. The molecule has 1 heterocycles. The lowest BCUT2D eigenvalue weighted by atomic mass is 10.2. The summed E-state index contributed by atoms with van der Waals surface area (Å²) in [7, 11) is 0. The third-order valence-corrected chi connectivity index (χ3v) is 4.01. The molecule has 0 bridgehead atoms. The molecular weight excluding hydrogens is 248 g/mol. The minimum Gasteiger partial charge on any atom is -0.338 e. The molecular formula is C17H26N2O. The van der Waals surface area contributed by atoms with E-state index in [2.05, 4.69) is 24.0 Å². The van der Waals surface area contributed by atoms with Crippen LogP contribution in [-0.4, -0.2) is 41.9 Å². The average molecular weight is 274 g/mol. The SMILES string of the molecule is CCN(Cc1ccccc1)C(=O)CN1CCCCCC1. The largest absolute Gasteiger partial charge is 0.338 e. The number of likely N-dealkylation sites (tertiary alicyclic amines) is 1. The smallest absolute Gasteiger partial charge is 0.237 e. The first-order valence-corrected chi connectivity index (χ1v) is 7.83. The van der Waals surface area contributed by atoms with Gasteiger partial charge in [-0.25, -0.2) is 0 Å². The number of benzene rings is 1. The van der Waals surface area contributed by atoms with Gasteiger partial charge in [-0.15, -0.1) is 0 Å². The van der Waals surface area contributed by atoms with E-state index in [1.807, 2.05) is 23.1 Å². The van der Waals surface area contributed by atoms with Gasteiger partial charge in [0.25, 0.3) is 0 Å². The van der Waals surface area contributed by atoms with Gasteiger partial charge in [-0.2, -0.15) is 0 Å². The molecule has 3 heteroatoms. The van der Waals surface area contributed by atoms with Gasteiger partial charge in [0.2, 0.25) is 5.91 Å². The number of hydrogen-bond donors (Lipinski definition) is 0. The van der Waals surface area contributed by atoms with E-state index in [0.29, 0.717) is 6.54 Å². The third-order valence-electron chi connectivity index (χ3n) is 4.01. The molecule has 1 aliphatic heterocycles. The van der Waals surface area contributed by atoms with Crippen LogP contribution in [0, 0.1) is 0 Å². The number of likely N-dealkylation sites (N-methyl/N-ethyl adjacent to an activating group) is 1. The molecule has 1 aromatic carbocycles. The van der Waals surface area contributed by atoms with Crippen LogP contribution in [0.4, 0.5) is 0 Å². The van der Waals surface area contributed by atoms with E-state index in [-0.39, 0.29) is 5.91 Å². The molecule has 0 saturated carbocycles. The second kappa shape index (κ2) is 8.05. The number of rotatable bonds is 5. The van der Waals surface area contributed by atoms with Crippen molar-refractivity contribution in [3.63, 3.8) is 0 Å². The highest BCUT2D eigenvalue weighted by atomic mass is 16.2. The van der Waals surface area contributed by atoms with Crippen molar-refractivity contribution < 1.29 is 4.79 Å². The Kier molecular flexibility index (Phi) is 6.06. The predicted molar refractivity (Wildman–Crippen MR) is 82.4 cm³/mol. The zero-order valence-corrected chi connectivity index (χ0v) is 12.6. The van der Waals surface area contributed by atoms with Gasteiger partial charge in [-0.05, 0) is 38.4 Å². The highest BCUT2D eigenvalue weighted by molar-refractivity contribution is 5.78. The standard InChI is InChI=1S/C17H26N2O/c1-2-19(14-16-10-6-5-7-11-16)17(20)15-18-12-8-3-4-9-13-18/h5-7,10-11H,2-4,8-9,12-15H2,1H3. The Hall–Kier alpha value is -1.35. The highest BCUT2D eigenvalue weighted by Crippen LogP contribution is 2.11. The van der Waals surface area contributed by atoms with E-state index in [1.54, 1.807) is 0 Å². The van der Waals surface area contributed by atoms with Gasteiger partial charge >= 0.3 is 0 Å². The number of nitrogens with zero attached hydrogens (tertiary/aromatic N) is 2. The fraction of sp³-hybridized carbons (Fsp3) is 0.588. The van der Waals surface area contributed by atoms with Gasteiger partial charge in [-0.3, -0.25) is 9.69 Å². The third kappa shape index (κ3) is 4.64. The molecule has 2 rings (SSSR count).